The molecule has 0 aliphatic rings. The minimum atomic E-state index is -2.61. The summed E-state index contributed by atoms with van der Waals surface area (Å²) in [7, 11) is -7.84. The Kier molecular flexibility index (Phi) is 27.5. The summed E-state index contributed by atoms with van der Waals surface area (Å²) < 4.78 is 54.7. The van der Waals surface area contributed by atoms with Crippen LogP contribution in [-0.4, -0.2) is 110 Å². The molecular formula is C30H69NO9Si3. The first-order chi connectivity index (χ1) is 20.8. The predicted octanol–water partition coefficient (Wildman–Crippen LogP) is 6.77. The van der Waals surface area contributed by atoms with Gasteiger partial charge in [-0.1, -0.05) is 0 Å². The van der Waals surface area contributed by atoms with E-state index in [-0.39, 0.29) is 0 Å². The van der Waals surface area contributed by atoms with Gasteiger partial charge < -0.3 is 44.7 Å². The molecule has 0 N–H and O–H groups in total. The Labute approximate surface area is 268 Å². The van der Waals surface area contributed by atoms with Crippen LogP contribution in [0.15, 0.2) is 0 Å². The molecule has 0 saturated carbocycles. The maximum Gasteiger partial charge on any atom is 0.500 e. The van der Waals surface area contributed by atoms with Crippen molar-refractivity contribution in [2.75, 3.05) is 79.1 Å². The first-order valence-corrected chi connectivity index (χ1v) is 23.1. The number of unbranched alkanes of at least 4 members (excludes halogenated alkanes) is 3. The second kappa shape index (κ2) is 27.4. The zero-order valence-electron chi connectivity index (χ0n) is 29.5. The fourth-order valence-electron chi connectivity index (χ4n) is 5.37. The van der Waals surface area contributed by atoms with Crippen LogP contribution in [0.5, 0.6) is 0 Å². The quantitative estimate of drug-likeness (QED) is 0.0550. The molecule has 13 heteroatoms. The van der Waals surface area contributed by atoms with Crippen molar-refractivity contribution in [1.82, 2.24) is 4.90 Å². The van der Waals surface area contributed by atoms with Gasteiger partial charge in [0.15, 0.2) is 0 Å². The third kappa shape index (κ3) is 18.9. The fourth-order valence-corrected chi connectivity index (χ4v) is 13.4. The molecule has 0 aliphatic carbocycles. The first-order valence-electron chi connectivity index (χ1n) is 17.3. The van der Waals surface area contributed by atoms with Crippen molar-refractivity contribution in [2.45, 2.75) is 119 Å². The highest BCUT2D eigenvalue weighted by Crippen LogP contribution is 2.23. The van der Waals surface area contributed by atoms with Crippen molar-refractivity contribution in [3.8, 4) is 0 Å². The van der Waals surface area contributed by atoms with Gasteiger partial charge in [-0.25, -0.2) is 0 Å². The zero-order valence-corrected chi connectivity index (χ0v) is 32.5. The van der Waals surface area contributed by atoms with E-state index in [4.69, 9.17) is 39.8 Å². The van der Waals surface area contributed by atoms with Crippen LogP contribution in [0.1, 0.15) is 101 Å². The van der Waals surface area contributed by atoms with Crippen molar-refractivity contribution in [2.24, 2.45) is 0 Å². The normalized spacial score (nSPS) is 13.0. The molecule has 0 amide bonds. The third-order valence-electron chi connectivity index (χ3n) is 6.90. The maximum absolute atomic E-state index is 6.08. The molecule has 0 unspecified atom stereocenters. The number of hydrogen-bond acceptors (Lipinski definition) is 10. The molecule has 0 aromatic heterocycles. The number of hydrogen-bond donors (Lipinski definition) is 0. The smallest absolute Gasteiger partial charge is 0.374 e. The van der Waals surface area contributed by atoms with Gasteiger partial charge in [-0.2, -0.15) is 0 Å². The standard InChI is InChI=1S/C30H69NO9Si3/c1-10-32-41(33-11-2,34-12-3)28-22-19-25-31(26-20-23-29-42(35-13-4,36-14-5)37-15-6)27-21-24-30-43(38-16-7,39-17-8)40-18-9/h10-30H2,1-9H3. The van der Waals surface area contributed by atoms with Gasteiger partial charge in [0.2, 0.25) is 0 Å². The van der Waals surface area contributed by atoms with Gasteiger partial charge in [0, 0.05) is 77.6 Å². The van der Waals surface area contributed by atoms with Gasteiger partial charge in [0.25, 0.3) is 0 Å². The maximum atomic E-state index is 6.08. The Morgan fingerprint density at radius 2 is 0.488 bits per heavy atom. The summed E-state index contributed by atoms with van der Waals surface area (Å²) in [5.41, 5.74) is 0. The first kappa shape index (κ1) is 43.3. The van der Waals surface area contributed by atoms with Crippen LogP contribution >= 0.6 is 0 Å². The van der Waals surface area contributed by atoms with Gasteiger partial charge in [-0.15, -0.1) is 0 Å². The molecule has 0 heterocycles. The molecule has 0 fully saturated rings. The average molecular weight is 672 g/mol. The van der Waals surface area contributed by atoms with Gasteiger partial charge in [0.1, 0.15) is 0 Å². The van der Waals surface area contributed by atoms with Crippen molar-refractivity contribution >= 4 is 26.4 Å². The highest BCUT2D eigenvalue weighted by molar-refractivity contribution is 6.61. The van der Waals surface area contributed by atoms with Gasteiger partial charge in [0.05, 0.1) is 0 Å². The molecule has 0 radical (unpaired) electrons. The van der Waals surface area contributed by atoms with E-state index in [1.54, 1.807) is 0 Å². The Bertz CT molecular complexity index is 494. The van der Waals surface area contributed by atoms with Crippen LogP contribution in [0, 0.1) is 0 Å². The van der Waals surface area contributed by atoms with E-state index in [0.717, 1.165) is 76.3 Å². The largest absolute Gasteiger partial charge is 0.500 e. The minimum Gasteiger partial charge on any atom is -0.374 e. The summed E-state index contributed by atoms with van der Waals surface area (Å²) in [6, 6.07) is 2.56. The van der Waals surface area contributed by atoms with Crippen molar-refractivity contribution in [1.29, 1.82) is 0 Å². The highest BCUT2D eigenvalue weighted by Gasteiger charge is 2.41. The monoisotopic (exact) mass is 671 g/mol. The lowest BCUT2D eigenvalue weighted by molar-refractivity contribution is 0.0700. The molecule has 0 atom stereocenters. The fraction of sp³-hybridized carbons (Fsp3) is 1.00. The van der Waals surface area contributed by atoms with E-state index in [0.29, 0.717) is 59.5 Å². The Balaban J connectivity index is 5.25. The summed E-state index contributed by atoms with van der Waals surface area (Å²) in [6.45, 7) is 26.8. The van der Waals surface area contributed by atoms with Gasteiger partial charge in [-0.3, -0.25) is 0 Å². The molecule has 0 bridgehead atoms. The lowest BCUT2D eigenvalue weighted by atomic mass is 10.2. The Hall–Kier alpha value is 0.251. The zero-order chi connectivity index (χ0) is 32.3. The van der Waals surface area contributed by atoms with E-state index in [1.165, 1.54) is 0 Å². The lowest BCUT2D eigenvalue weighted by Gasteiger charge is -2.30. The summed E-state index contributed by atoms with van der Waals surface area (Å²) >= 11 is 0. The predicted molar refractivity (Wildman–Crippen MR) is 180 cm³/mol. The molecular weight excluding hydrogens is 603 g/mol. The van der Waals surface area contributed by atoms with Crippen LogP contribution in [0.4, 0.5) is 0 Å². The van der Waals surface area contributed by atoms with Crippen LogP contribution in [0.25, 0.3) is 0 Å². The Morgan fingerprint density at radius 1 is 0.302 bits per heavy atom. The molecule has 10 nitrogen and oxygen atoms in total. The van der Waals surface area contributed by atoms with Crippen LogP contribution in [-0.2, 0) is 39.8 Å². The molecule has 260 valence electrons. The van der Waals surface area contributed by atoms with Crippen LogP contribution < -0.4 is 0 Å². The van der Waals surface area contributed by atoms with Gasteiger partial charge in [-0.05, 0) is 120 Å². The van der Waals surface area contributed by atoms with E-state index >= 15 is 0 Å². The summed E-state index contributed by atoms with van der Waals surface area (Å²) in [5, 5.41) is 0. The van der Waals surface area contributed by atoms with E-state index in [2.05, 4.69) is 4.90 Å². The minimum absolute atomic E-state index is 0.616. The van der Waals surface area contributed by atoms with Crippen LogP contribution in [0.3, 0.4) is 0 Å². The van der Waals surface area contributed by atoms with E-state index in [9.17, 15) is 0 Å². The molecule has 0 spiro atoms. The molecule has 0 aromatic carbocycles. The molecule has 0 aliphatic heterocycles. The molecule has 0 aromatic rings. The average Bonchev–Trinajstić information content (AvgIpc) is 2.96. The van der Waals surface area contributed by atoms with Crippen molar-refractivity contribution in [3.63, 3.8) is 0 Å². The third-order valence-corrected chi connectivity index (χ3v) is 16.4. The molecule has 0 saturated heterocycles. The van der Waals surface area contributed by atoms with Crippen molar-refractivity contribution < 1.29 is 39.8 Å². The van der Waals surface area contributed by atoms with Crippen LogP contribution in [0.2, 0.25) is 18.1 Å². The van der Waals surface area contributed by atoms with Gasteiger partial charge >= 0.3 is 26.4 Å². The second-order valence-electron chi connectivity index (χ2n) is 10.2. The molecule has 43 heavy (non-hydrogen) atoms. The second-order valence-corrected chi connectivity index (χ2v) is 18.4. The lowest BCUT2D eigenvalue weighted by Crippen LogP contribution is -2.46. The SMILES string of the molecule is CCO[Si](CCCCN(CCCC[Si](OCC)(OCC)OCC)CCCC[Si](OCC)(OCC)OCC)(OCC)OCC. The number of rotatable bonds is 33. The van der Waals surface area contributed by atoms with E-state index in [1.807, 2.05) is 62.3 Å². The summed E-state index contributed by atoms with van der Waals surface area (Å²) in [6.07, 6.45) is 6.29. The topological polar surface area (TPSA) is 86.3 Å². The van der Waals surface area contributed by atoms with Crippen molar-refractivity contribution in [3.05, 3.63) is 0 Å². The summed E-state index contributed by atoms with van der Waals surface area (Å²) in [5.74, 6) is 0. The Morgan fingerprint density at radius 3 is 0.651 bits per heavy atom. The number of nitrogens with zero attached hydrogens (tertiary/aromatic N) is 1. The van der Waals surface area contributed by atoms with E-state index < -0.39 is 26.4 Å². The summed E-state index contributed by atoms with van der Waals surface area (Å²) in [4.78, 5) is 2.60. The molecule has 0 rings (SSSR count). The highest BCUT2D eigenvalue weighted by atomic mass is 28.4.